The second-order valence-corrected chi connectivity index (χ2v) is 7.48. The lowest BCUT2D eigenvalue weighted by molar-refractivity contribution is 0.104. The summed E-state index contributed by atoms with van der Waals surface area (Å²) in [6.45, 7) is 6.55. The highest BCUT2D eigenvalue weighted by atomic mass is 32.2. The number of hydrogen-bond donors (Lipinski definition) is 0. The monoisotopic (exact) mass is 352 g/mol. The smallest absolute Gasteiger partial charge is 0.185 e. The summed E-state index contributed by atoms with van der Waals surface area (Å²) in [6.07, 6.45) is 8.12. The SMILES string of the molecule is CCCc1cccc(C=CC(=O)c2ccc(SCC)cc2)c1CCC. The molecule has 1 nitrogen and oxygen atoms in total. The Hall–Kier alpha value is -1.80. The van der Waals surface area contributed by atoms with Gasteiger partial charge in [0.1, 0.15) is 0 Å². The van der Waals surface area contributed by atoms with Gasteiger partial charge in [-0.1, -0.05) is 57.9 Å². The van der Waals surface area contributed by atoms with Gasteiger partial charge in [-0.25, -0.2) is 0 Å². The molecule has 0 aromatic heterocycles. The summed E-state index contributed by atoms with van der Waals surface area (Å²) < 4.78 is 0. The van der Waals surface area contributed by atoms with E-state index in [0.717, 1.165) is 37.0 Å². The van der Waals surface area contributed by atoms with Crippen molar-refractivity contribution in [3.63, 3.8) is 0 Å². The molecule has 2 rings (SSSR count). The number of carbonyl (C=O) groups is 1. The van der Waals surface area contributed by atoms with Gasteiger partial charge < -0.3 is 0 Å². The van der Waals surface area contributed by atoms with E-state index in [1.165, 1.54) is 21.6 Å². The molecule has 0 aliphatic rings. The molecule has 0 saturated heterocycles. The van der Waals surface area contributed by atoms with Crippen LogP contribution in [0, 0.1) is 0 Å². The third-order valence-electron chi connectivity index (χ3n) is 4.19. The lowest BCUT2D eigenvalue weighted by Crippen LogP contribution is -1.98. The van der Waals surface area contributed by atoms with Gasteiger partial charge >= 0.3 is 0 Å². The molecule has 0 saturated carbocycles. The Morgan fingerprint density at radius 1 is 0.960 bits per heavy atom. The molecule has 0 radical (unpaired) electrons. The highest BCUT2D eigenvalue weighted by Crippen LogP contribution is 2.21. The molecule has 0 fully saturated rings. The van der Waals surface area contributed by atoms with Crippen LogP contribution in [0.2, 0.25) is 0 Å². The number of thioether (sulfide) groups is 1. The third kappa shape index (κ3) is 5.61. The predicted molar refractivity (Wildman–Crippen MR) is 111 cm³/mol. The molecule has 0 aliphatic heterocycles. The molecule has 0 unspecified atom stereocenters. The van der Waals surface area contributed by atoms with Crippen LogP contribution in [0.3, 0.4) is 0 Å². The van der Waals surface area contributed by atoms with Gasteiger partial charge in [-0.15, -0.1) is 11.8 Å². The van der Waals surface area contributed by atoms with Crippen molar-refractivity contribution in [3.8, 4) is 0 Å². The van der Waals surface area contributed by atoms with Gasteiger partial charge in [0.2, 0.25) is 0 Å². The van der Waals surface area contributed by atoms with Crippen LogP contribution in [0.5, 0.6) is 0 Å². The van der Waals surface area contributed by atoms with Crippen LogP contribution in [0.25, 0.3) is 6.08 Å². The van der Waals surface area contributed by atoms with Gasteiger partial charge in [-0.3, -0.25) is 4.79 Å². The topological polar surface area (TPSA) is 17.1 Å². The van der Waals surface area contributed by atoms with Gasteiger partial charge in [0.15, 0.2) is 5.78 Å². The molecule has 0 atom stereocenters. The maximum Gasteiger partial charge on any atom is 0.185 e. The lowest BCUT2D eigenvalue weighted by Gasteiger charge is -2.11. The fourth-order valence-electron chi connectivity index (χ4n) is 3.01. The number of allylic oxidation sites excluding steroid dienone is 1. The maximum atomic E-state index is 12.5. The van der Waals surface area contributed by atoms with Crippen LogP contribution in [0.4, 0.5) is 0 Å². The highest BCUT2D eigenvalue weighted by Gasteiger charge is 2.07. The molecule has 2 aromatic carbocycles. The Kier molecular flexibility index (Phi) is 8.00. The van der Waals surface area contributed by atoms with Crippen LogP contribution in [-0.2, 0) is 12.8 Å². The zero-order valence-electron chi connectivity index (χ0n) is 15.5. The quantitative estimate of drug-likeness (QED) is 0.287. The van der Waals surface area contributed by atoms with Crippen molar-refractivity contribution in [2.75, 3.05) is 5.75 Å². The van der Waals surface area contributed by atoms with E-state index in [0.29, 0.717) is 0 Å². The van der Waals surface area contributed by atoms with E-state index < -0.39 is 0 Å². The summed E-state index contributed by atoms with van der Waals surface area (Å²) >= 11 is 1.79. The minimum atomic E-state index is 0.0661. The fourth-order valence-corrected chi connectivity index (χ4v) is 3.67. The Labute approximate surface area is 156 Å². The number of carbonyl (C=O) groups excluding carboxylic acids is 1. The Morgan fingerprint density at radius 2 is 1.68 bits per heavy atom. The van der Waals surface area contributed by atoms with Crippen molar-refractivity contribution < 1.29 is 4.79 Å². The van der Waals surface area contributed by atoms with Crippen LogP contribution in [0.1, 0.15) is 60.7 Å². The third-order valence-corrected chi connectivity index (χ3v) is 5.09. The summed E-state index contributed by atoms with van der Waals surface area (Å²) in [5, 5.41) is 0. The maximum absolute atomic E-state index is 12.5. The predicted octanol–water partition coefficient (Wildman–Crippen LogP) is 6.60. The number of hydrogen-bond acceptors (Lipinski definition) is 2. The molecule has 0 bridgehead atoms. The largest absolute Gasteiger partial charge is 0.289 e. The van der Waals surface area contributed by atoms with Gasteiger partial charge in [-0.05, 0) is 65.6 Å². The molecule has 2 aromatic rings. The van der Waals surface area contributed by atoms with Crippen molar-refractivity contribution in [3.05, 3.63) is 70.8 Å². The van der Waals surface area contributed by atoms with Crippen LogP contribution >= 0.6 is 11.8 Å². The van der Waals surface area contributed by atoms with E-state index in [9.17, 15) is 4.79 Å². The van der Waals surface area contributed by atoms with E-state index in [1.54, 1.807) is 17.8 Å². The van der Waals surface area contributed by atoms with E-state index in [2.05, 4.69) is 39.0 Å². The lowest BCUT2D eigenvalue weighted by atomic mass is 9.94. The molecule has 0 aliphatic carbocycles. The first-order valence-electron chi connectivity index (χ1n) is 9.25. The molecule has 0 amide bonds. The second kappa shape index (κ2) is 10.2. The minimum Gasteiger partial charge on any atom is -0.289 e. The van der Waals surface area contributed by atoms with Crippen molar-refractivity contribution in [2.45, 2.75) is 51.3 Å². The zero-order chi connectivity index (χ0) is 18.1. The molecule has 0 spiro atoms. The summed E-state index contributed by atoms with van der Waals surface area (Å²) in [7, 11) is 0. The average Bonchev–Trinajstić information content (AvgIpc) is 2.63. The van der Waals surface area contributed by atoms with Crippen molar-refractivity contribution in [1.29, 1.82) is 0 Å². The molecular formula is C23H28OS. The van der Waals surface area contributed by atoms with Gasteiger partial charge in [0, 0.05) is 10.5 Å². The molecule has 25 heavy (non-hydrogen) atoms. The van der Waals surface area contributed by atoms with Gasteiger partial charge in [-0.2, -0.15) is 0 Å². The standard InChI is InChI=1S/C23H28OS/c1-4-8-18-10-7-11-19(22(18)9-5-2)14-17-23(24)20-12-15-21(16-13-20)25-6-3/h7,10-17H,4-6,8-9H2,1-3H3. The van der Waals surface area contributed by atoms with E-state index in [4.69, 9.17) is 0 Å². The summed E-state index contributed by atoms with van der Waals surface area (Å²) in [5.74, 6) is 1.11. The molecule has 132 valence electrons. The zero-order valence-corrected chi connectivity index (χ0v) is 16.4. The van der Waals surface area contributed by atoms with E-state index >= 15 is 0 Å². The summed E-state index contributed by atoms with van der Waals surface area (Å²) in [6, 6.07) is 14.3. The molecule has 0 N–H and O–H groups in total. The van der Waals surface area contributed by atoms with Crippen molar-refractivity contribution in [2.24, 2.45) is 0 Å². The van der Waals surface area contributed by atoms with Crippen molar-refractivity contribution in [1.82, 2.24) is 0 Å². The number of aryl methyl sites for hydroxylation is 1. The van der Waals surface area contributed by atoms with E-state index in [-0.39, 0.29) is 5.78 Å². The van der Waals surface area contributed by atoms with Crippen LogP contribution in [0.15, 0.2) is 53.4 Å². The highest BCUT2D eigenvalue weighted by molar-refractivity contribution is 7.99. The number of ketones is 1. The van der Waals surface area contributed by atoms with Gasteiger partial charge in [0.25, 0.3) is 0 Å². The van der Waals surface area contributed by atoms with Gasteiger partial charge in [0.05, 0.1) is 0 Å². The van der Waals surface area contributed by atoms with Crippen LogP contribution in [-0.4, -0.2) is 11.5 Å². The number of benzene rings is 2. The first-order valence-corrected chi connectivity index (χ1v) is 10.2. The fraction of sp³-hybridized carbons (Fsp3) is 0.348. The molecular weight excluding hydrogens is 324 g/mol. The molecule has 2 heteroatoms. The Bertz CT molecular complexity index is 713. The van der Waals surface area contributed by atoms with Crippen LogP contribution < -0.4 is 0 Å². The van der Waals surface area contributed by atoms with Crippen molar-refractivity contribution >= 4 is 23.6 Å². The number of rotatable bonds is 9. The minimum absolute atomic E-state index is 0.0661. The first kappa shape index (κ1) is 19.5. The Balaban J connectivity index is 2.19. The second-order valence-electron chi connectivity index (χ2n) is 6.14. The average molecular weight is 353 g/mol. The first-order chi connectivity index (χ1) is 12.2. The Morgan fingerprint density at radius 3 is 2.32 bits per heavy atom. The molecule has 0 heterocycles. The normalized spacial score (nSPS) is 11.2. The van der Waals surface area contributed by atoms with E-state index in [1.807, 2.05) is 30.3 Å². The summed E-state index contributed by atoms with van der Waals surface area (Å²) in [5.41, 5.74) is 4.74. The summed E-state index contributed by atoms with van der Waals surface area (Å²) in [4.78, 5) is 13.7.